The van der Waals surface area contributed by atoms with Crippen LogP contribution in [0.1, 0.15) is 29.9 Å². The largest absolute Gasteiger partial charge is 0.390 e. The highest BCUT2D eigenvalue weighted by Crippen LogP contribution is 2.43. The molecule has 0 bridgehead atoms. The van der Waals surface area contributed by atoms with Crippen LogP contribution < -0.4 is 16.2 Å². The minimum atomic E-state index is -0.661. The summed E-state index contributed by atoms with van der Waals surface area (Å²) in [4.78, 5) is 13.9. The molecule has 1 saturated heterocycles. The summed E-state index contributed by atoms with van der Waals surface area (Å²) in [6, 6.07) is 2.99. The normalized spacial score (nSPS) is 24.6. The van der Waals surface area contributed by atoms with Gasteiger partial charge in [-0.3, -0.25) is 9.20 Å². The number of nitrogens with two attached hydrogens (primary N) is 1. The minimum Gasteiger partial charge on any atom is -0.390 e. The number of rotatable bonds is 2. The summed E-state index contributed by atoms with van der Waals surface area (Å²) in [5.41, 5.74) is 8.73. The molecule has 2 aromatic heterocycles. The Labute approximate surface area is 133 Å². The zero-order valence-electron chi connectivity index (χ0n) is 13.0. The van der Waals surface area contributed by atoms with Gasteiger partial charge in [-0.05, 0) is 36.8 Å². The van der Waals surface area contributed by atoms with Crippen LogP contribution in [0.3, 0.4) is 0 Å². The fourth-order valence-electron chi connectivity index (χ4n) is 3.67. The van der Waals surface area contributed by atoms with Gasteiger partial charge in [0.25, 0.3) is 5.56 Å². The summed E-state index contributed by atoms with van der Waals surface area (Å²) in [6.07, 6.45) is 2.81. The topological polar surface area (TPSA) is 71.0 Å². The van der Waals surface area contributed by atoms with Crippen molar-refractivity contribution in [2.75, 3.05) is 18.0 Å². The molecule has 1 aliphatic carbocycles. The van der Waals surface area contributed by atoms with E-state index in [1.807, 2.05) is 13.0 Å². The van der Waals surface area contributed by atoms with Crippen LogP contribution in [0.25, 0.3) is 5.52 Å². The molecule has 0 amide bonds. The Morgan fingerprint density at radius 3 is 2.65 bits per heavy atom. The Balaban J connectivity index is 1.95. The van der Waals surface area contributed by atoms with Crippen LogP contribution in [0.4, 0.5) is 10.1 Å². The minimum absolute atomic E-state index is 0.226. The molecule has 0 radical (unpaired) electrons. The first-order chi connectivity index (χ1) is 11.0. The molecular weight excluding hydrogens is 297 g/mol. The summed E-state index contributed by atoms with van der Waals surface area (Å²) >= 11 is 0. The van der Waals surface area contributed by atoms with Gasteiger partial charge in [-0.2, -0.15) is 0 Å². The molecule has 1 saturated carbocycles. The van der Waals surface area contributed by atoms with E-state index in [2.05, 4.69) is 0 Å². The Bertz CT molecular complexity index is 834. The number of aromatic nitrogens is 1. The van der Waals surface area contributed by atoms with Crippen LogP contribution in [-0.2, 0) is 0 Å². The van der Waals surface area contributed by atoms with Gasteiger partial charge < -0.3 is 15.7 Å². The van der Waals surface area contributed by atoms with Gasteiger partial charge in [-0.25, -0.2) is 4.39 Å². The molecule has 0 spiro atoms. The molecule has 23 heavy (non-hydrogen) atoms. The smallest absolute Gasteiger partial charge is 0.255 e. The van der Waals surface area contributed by atoms with Crippen molar-refractivity contribution in [1.82, 2.24) is 4.40 Å². The Morgan fingerprint density at radius 1 is 1.30 bits per heavy atom. The number of aliphatic hydroxyl groups is 1. The Kier molecular flexibility index (Phi) is 3.21. The number of fused-ring (bicyclic) bond motifs is 1. The molecule has 3 heterocycles. The Hall–Kier alpha value is -1.92. The average molecular weight is 317 g/mol. The summed E-state index contributed by atoms with van der Waals surface area (Å²) in [5, 5.41) is 9.88. The van der Waals surface area contributed by atoms with E-state index in [1.165, 1.54) is 16.7 Å². The zero-order valence-corrected chi connectivity index (χ0v) is 13.0. The second-order valence-electron chi connectivity index (χ2n) is 6.71. The van der Waals surface area contributed by atoms with Crippen LogP contribution in [0.2, 0.25) is 0 Å². The Morgan fingerprint density at radius 2 is 2.04 bits per heavy atom. The standard InChI is InChI=1S/C17H20FN3O2/c1-9-16-11(10-2-3-10)4-5-15(23)21(16)6-12(18)17(9)20-7-13(19)14(22)8-20/h4-6,10,13-14,22H,2-3,7-8,19H2,1H3. The molecule has 2 fully saturated rings. The van der Waals surface area contributed by atoms with Gasteiger partial charge in [0.1, 0.15) is 0 Å². The van der Waals surface area contributed by atoms with Crippen LogP contribution in [-0.4, -0.2) is 34.7 Å². The van der Waals surface area contributed by atoms with Gasteiger partial charge in [-0.1, -0.05) is 6.07 Å². The molecule has 2 aliphatic rings. The van der Waals surface area contributed by atoms with Crippen LogP contribution in [0.5, 0.6) is 0 Å². The van der Waals surface area contributed by atoms with Gasteiger partial charge in [0.2, 0.25) is 0 Å². The van der Waals surface area contributed by atoms with Gasteiger partial charge in [0.15, 0.2) is 5.82 Å². The van der Waals surface area contributed by atoms with Gasteiger partial charge >= 0.3 is 0 Å². The third-order valence-corrected chi connectivity index (χ3v) is 5.00. The fourth-order valence-corrected chi connectivity index (χ4v) is 3.67. The maximum atomic E-state index is 14.7. The van der Waals surface area contributed by atoms with E-state index in [9.17, 15) is 14.3 Å². The van der Waals surface area contributed by atoms with Gasteiger partial charge in [0.05, 0.1) is 23.5 Å². The van der Waals surface area contributed by atoms with E-state index in [1.54, 1.807) is 4.90 Å². The van der Waals surface area contributed by atoms with Crippen LogP contribution in [0.15, 0.2) is 23.1 Å². The molecule has 2 atom stereocenters. The number of halogens is 1. The molecule has 122 valence electrons. The monoisotopic (exact) mass is 317 g/mol. The van der Waals surface area contributed by atoms with Crippen molar-refractivity contribution in [3.8, 4) is 0 Å². The number of hydrogen-bond acceptors (Lipinski definition) is 4. The van der Waals surface area contributed by atoms with Crippen LogP contribution >= 0.6 is 0 Å². The molecule has 2 aromatic rings. The highest BCUT2D eigenvalue weighted by atomic mass is 19.1. The van der Waals surface area contributed by atoms with Gasteiger partial charge in [-0.15, -0.1) is 0 Å². The number of hydrogen-bond donors (Lipinski definition) is 2. The fraction of sp³-hybridized carbons (Fsp3) is 0.471. The summed E-state index contributed by atoms with van der Waals surface area (Å²) < 4.78 is 16.1. The predicted molar refractivity (Wildman–Crippen MR) is 86.5 cm³/mol. The predicted octanol–water partition coefficient (Wildman–Crippen LogP) is 1.13. The first kappa shape index (κ1) is 14.7. The van der Waals surface area contributed by atoms with Crippen molar-refractivity contribution in [3.63, 3.8) is 0 Å². The zero-order chi connectivity index (χ0) is 16.3. The van der Waals surface area contributed by atoms with Crippen molar-refractivity contribution in [1.29, 1.82) is 0 Å². The molecule has 5 nitrogen and oxygen atoms in total. The number of aliphatic hydroxyl groups excluding tert-OH is 1. The molecule has 3 N–H and O–H groups in total. The SMILES string of the molecule is Cc1c(N2CC(N)C(O)C2)c(F)cn2c(=O)ccc(C3CC3)c12. The van der Waals surface area contributed by atoms with E-state index in [4.69, 9.17) is 5.73 Å². The highest BCUT2D eigenvalue weighted by Gasteiger charge is 2.33. The van der Waals surface area contributed by atoms with Gasteiger partial charge in [0, 0.05) is 25.2 Å². The number of β-amino-alcohol motifs (C(OH)–C–C–N with tert-alkyl or cyclic N) is 1. The number of pyridine rings is 2. The summed E-state index contributed by atoms with van der Waals surface area (Å²) in [6.45, 7) is 2.56. The van der Waals surface area contributed by atoms with Crippen molar-refractivity contribution in [2.24, 2.45) is 5.73 Å². The number of nitrogens with zero attached hydrogens (tertiary/aromatic N) is 2. The quantitative estimate of drug-likeness (QED) is 0.871. The van der Waals surface area contributed by atoms with Crippen molar-refractivity contribution in [2.45, 2.75) is 37.8 Å². The van der Waals surface area contributed by atoms with E-state index in [0.717, 1.165) is 29.5 Å². The lowest BCUT2D eigenvalue weighted by Gasteiger charge is -2.23. The number of anilines is 1. The maximum absolute atomic E-state index is 14.7. The highest BCUT2D eigenvalue weighted by molar-refractivity contribution is 5.73. The lowest BCUT2D eigenvalue weighted by Crippen LogP contribution is -2.32. The van der Waals surface area contributed by atoms with E-state index < -0.39 is 11.9 Å². The first-order valence-electron chi connectivity index (χ1n) is 8.00. The molecule has 4 rings (SSSR count). The second kappa shape index (κ2) is 5.04. The molecule has 6 heteroatoms. The molecule has 0 aromatic carbocycles. The summed E-state index contributed by atoms with van der Waals surface area (Å²) in [7, 11) is 0. The first-order valence-corrected chi connectivity index (χ1v) is 8.00. The molecule has 1 aliphatic heterocycles. The maximum Gasteiger partial charge on any atom is 0.255 e. The van der Waals surface area contributed by atoms with Crippen molar-refractivity contribution < 1.29 is 9.50 Å². The third kappa shape index (κ3) is 2.24. The molecule has 2 unspecified atom stereocenters. The number of aryl methyl sites for hydroxylation is 1. The lowest BCUT2D eigenvalue weighted by atomic mass is 10.0. The molecular formula is C17H20FN3O2. The van der Waals surface area contributed by atoms with Crippen molar-refractivity contribution in [3.05, 3.63) is 45.6 Å². The third-order valence-electron chi connectivity index (χ3n) is 5.00. The van der Waals surface area contributed by atoms with Crippen LogP contribution in [0, 0.1) is 12.7 Å². The van der Waals surface area contributed by atoms with Crippen molar-refractivity contribution >= 4 is 11.2 Å². The van der Waals surface area contributed by atoms with E-state index >= 15 is 0 Å². The lowest BCUT2D eigenvalue weighted by molar-refractivity contribution is 0.180. The average Bonchev–Trinajstić information content (AvgIpc) is 3.27. The van der Waals surface area contributed by atoms with E-state index in [0.29, 0.717) is 24.7 Å². The summed E-state index contributed by atoms with van der Waals surface area (Å²) in [5.74, 6) is 0.000355. The van der Waals surface area contributed by atoms with E-state index in [-0.39, 0.29) is 11.6 Å². The second-order valence-corrected chi connectivity index (χ2v) is 6.71.